The van der Waals surface area contributed by atoms with E-state index in [0.29, 0.717) is 12.6 Å². The second-order valence-corrected chi connectivity index (χ2v) is 5.94. The fraction of sp³-hybridized carbons (Fsp3) is 0.471. The molecule has 0 bridgehead atoms. The maximum absolute atomic E-state index is 6.03. The Balaban J connectivity index is 1.82. The number of hydrogen-bond acceptors (Lipinski definition) is 3. The van der Waals surface area contributed by atoms with Crippen molar-refractivity contribution in [2.75, 3.05) is 20.1 Å². The van der Waals surface area contributed by atoms with Gasteiger partial charge in [-0.05, 0) is 49.6 Å². The van der Waals surface area contributed by atoms with Gasteiger partial charge in [-0.2, -0.15) is 0 Å². The van der Waals surface area contributed by atoms with Crippen LogP contribution in [-0.2, 0) is 0 Å². The molecule has 1 heterocycles. The monoisotopic (exact) mass is 269 g/mol. The molecule has 106 valence electrons. The molecule has 0 spiro atoms. The highest BCUT2D eigenvalue weighted by molar-refractivity contribution is 5.79. The van der Waals surface area contributed by atoms with Crippen LogP contribution in [0.2, 0.25) is 0 Å². The molecule has 1 atom stereocenters. The Hall–Kier alpha value is -1.45. The van der Waals surface area contributed by atoms with Crippen LogP contribution in [0.1, 0.15) is 30.9 Å². The summed E-state index contributed by atoms with van der Waals surface area (Å²) >= 11 is 0. The average Bonchev–Trinajstić information content (AvgIpc) is 2.43. The van der Waals surface area contributed by atoms with E-state index in [4.69, 9.17) is 5.73 Å². The molecule has 1 fully saturated rings. The maximum Gasteiger partial charge on any atom is 0.0702 e. The molecule has 1 aromatic carbocycles. The average molecular weight is 269 g/mol. The summed E-state index contributed by atoms with van der Waals surface area (Å²) in [5.74, 6) is 0.871. The maximum atomic E-state index is 6.03. The Morgan fingerprint density at radius 3 is 2.90 bits per heavy atom. The number of likely N-dealkylation sites (N-methyl/N-ethyl adjacent to an activating group) is 1. The standard InChI is InChI=1S/C17H23N3/c1-20(12-13-4-2-5-13)17(11-18)15-7-8-16-14(10-15)6-3-9-19-16/h3,6-10,13,17H,2,4-5,11-12,18H2,1H3. The molecule has 1 aliphatic carbocycles. The molecule has 0 aliphatic heterocycles. The first-order valence-corrected chi connectivity index (χ1v) is 7.53. The lowest BCUT2D eigenvalue weighted by Crippen LogP contribution is -2.36. The van der Waals surface area contributed by atoms with Crippen molar-refractivity contribution in [3.63, 3.8) is 0 Å². The van der Waals surface area contributed by atoms with Crippen LogP contribution >= 0.6 is 0 Å². The summed E-state index contributed by atoms with van der Waals surface area (Å²) in [6.45, 7) is 1.82. The van der Waals surface area contributed by atoms with Crippen molar-refractivity contribution in [1.29, 1.82) is 0 Å². The zero-order valence-electron chi connectivity index (χ0n) is 12.1. The number of nitrogens with two attached hydrogens (primary N) is 1. The molecule has 3 nitrogen and oxygen atoms in total. The number of nitrogens with zero attached hydrogens (tertiary/aromatic N) is 2. The van der Waals surface area contributed by atoms with Crippen LogP contribution in [-0.4, -0.2) is 30.0 Å². The Morgan fingerprint density at radius 2 is 2.20 bits per heavy atom. The first-order chi connectivity index (χ1) is 9.78. The zero-order valence-corrected chi connectivity index (χ0v) is 12.1. The van der Waals surface area contributed by atoms with Crippen LogP contribution in [0.4, 0.5) is 0 Å². The molecule has 20 heavy (non-hydrogen) atoms. The molecule has 3 heteroatoms. The molecular formula is C17H23N3. The first-order valence-electron chi connectivity index (χ1n) is 7.53. The van der Waals surface area contributed by atoms with Crippen molar-refractivity contribution in [3.8, 4) is 0 Å². The smallest absolute Gasteiger partial charge is 0.0702 e. The van der Waals surface area contributed by atoms with E-state index in [1.54, 1.807) is 0 Å². The lowest BCUT2D eigenvalue weighted by Gasteiger charge is -2.34. The third-order valence-corrected chi connectivity index (χ3v) is 4.54. The Morgan fingerprint density at radius 1 is 1.35 bits per heavy atom. The molecule has 1 aromatic heterocycles. The lowest BCUT2D eigenvalue weighted by atomic mass is 9.84. The molecule has 1 unspecified atom stereocenters. The highest BCUT2D eigenvalue weighted by Crippen LogP contribution is 2.30. The summed E-state index contributed by atoms with van der Waals surface area (Å²) in [7, 11) is 2.20. The van der Waals surface area contributed by atoms with E-state index in [-0.39, 0.29) is 0 Å². The SMILES string of the molecule is CN(CC1CCC1)C(CN)c1ccc2ncccc2c1. The summed E-state index contributed by atoms with van der Waals surface area (Å²) in [4.78, 5) is 6.80. The second-order valence-electron chi connectivity index (χ2n) is 5.94. The van der Waals surface area contributed by atoms with Crippen LogP contribution in [0.5, 0.6) is 0 Å². The van der Waals surface area contributed by atoms with Gasteiger partial charge in [-0.3, -0.25) is 9.88 Å². The summed E-state index contributed by atoms with van der Waals surface area (Å²) < 4.78 is 0. The van der Waals surface area contributed by atoms with Gasteiger partial charge < -0.3 is 5.73 Å². The normalized spacial score (nSPS) is 17.4. The third kappa shape index (κ3) is 2.69. The zero-order chi connectivity index (χ0) is 13.9. The van der Waals surface area contributed by atoms with Crippen molar-refractivity contribution in [2.24, 2.45) is 11.7 Å². The molecule has 1 saturated carbocycles. The number of pyridine rings is 1. The van der Waals surface area contributed by atoms with Crippen LogP contribution in [0.25, 0.3) is 10.9 Å². The first kappa shape index (κ1) is 13.5. The van der Waals surface area contributed by atoms with Gasteiger partial charge >= 0.3 is 0 Å². The Bertz CT molecular complexity index is 577. The van der Waals surface area contributed by atoms with E-state index < -0.39 is 0 Å². The van der Waals surface area contributed by atoms with Crippen LogP contribution in [0.15, 0.2) is 36.5 Å². The number of aromatic nitrogens is 1. The minimum atomic E-state index is 0.306. The minimum absolute atomic E-state index is 0.306. The van der Waals surface area contributed by atoms with Crippen LogP contribution in [0, 0.1) is 5.92 Å². The van der Waals surface area contributed by atoms with Gasteiger partial charge in [-0.1, -0.05) is 18.6 Å². The van der Waals surface area contributed by atoms with Crippen molar-refractivity contribution >= 4 is 10.9 Å². The van der Waals surface area contributed by atoms with E-state index in [1.807, 2.05) is 12.3 Å². The van der Waals surface area contributed by atoms with Crippen LogP contribution < -0.4 is 5.73 Å². The third-order valence-electron chi connectivity index (χ3n) is 4.54. The van der Waals surface area contributed by atoms with Crippen molar-refractivity contribution in [3.05, 3.63) is 42.1 Å². The number of rotatable bonds is 5. The van der Waals surface area contributed by atoms with Crippen molar-refractivity contribution in [1.82, 2.24) is 9.88 Å². The summed E-state index contributed by atoms with van der Waals surface area (Å²) in [5.41, 5.74) is 8.38. The molecule has 0 radical (unpaired) electrons. The van der Waals surface area contributed by atoms with Gasteiger partial charge in [0.05, 0.1) is 5.52 Å². The number of fused-ring (bicyclic) bond motifs is 1. The molecule has 1 aliphatic rings. The fourth-order valence-electron chi connectivity index (χ4n) is 3.08. The van der Waals surface area contributed by atoms with Crippen LogP contribution in [0.3, 0.4) is 0 Å². The molecule has 3 rings (SSSR count). The fourth-order valence-corrected chi connectivity index (χ4v) is 3.08. The molecule has 0 saturated heterocycles. The molecule has 0 amide bonds. The molecule has 2 aromatic rings. The van der Waals surface area contributed by atoms with E-state index >= 15 is 0 Å². The number of hydrogen-bond donors (Lipinski definition) is 1. The van der Waals surface area contributed by atoms with Gasteiger partial charge in [-0.15, -0.1) is 0 Å². The van der Waals surface area contributed by atoms with Gasteiger partial charge in [-0.25, -0.2) is 0 Å². The summed E-state index contributed by atoms with van der Waals surface area (Å²) in [6.07, 6.45) is 5.99. The van der Waals surface area contributed by atoms with E-state index in [2.05, 4.69) is 41.2 Å². The second kappa shape index (κ2) is 5.90. The molecule has 2 N–H and O–H groups in total. The predicted octanol–water partition coefficient (Wildman–Crippen LogP) is 2.97. The summed E-state index contributed by atoms with van der Waals surface area (Å²) in [6, 6.07) is 10.9. The minimum Gasteiger partial charge on any atom is -0.329 e. The van der Waals surface area contributed by atoms with Gasteiger partial charge in [0, 0.05) is 30.7 Å². The van der Waals surface area contributed by atoms with Crippen molar-refractivity contribution < 1.29 is 0 Å². The predicted molar refractivity (Wildman–Crippen MR) is 83.5 cm³/mol. The molecular weight excluding hydrogens is 246 g/mol. The van der Waals surface area contributed by atoms with Gasteiger partial charge in [0.1, 0.15) is 0 Å². The lowest BCUT2D eigenvalue weighted by molar-refractivity contribution is 0.165. The highest BCUT2D eigenvalue weighted by Gasteiger charge is 2.23. The van der Waals surface area contributed by atoms with E-state index in [0.717, 1.165) is 18.0 Å². The quantitative estimate of drug-likeness (QED) is 0.907. The number of benzene rings is 1. The van der Waals surface area contributed by atoms with Crippen molar-refractivity contribution in [2.45, 2.75) is 25.3 Å². The van der Waals surface area contributed by atoms with E-state index in [9.17, 15) is 0 Å². The van der Waals surface area contributed by atoms with E-state index in [1.165, 1.54) is 30.2 Å². The summed E-state index contributed by atoms with van der Waals surface area (Å²) in [5, 5.41) is 1.19. The topological polar surface area (TPSA) is 42.1 Å². The largest absolute Gasteiger partial charge is 0.329 e. The highest BCUT2D eigenvalue weighted by atomic mass is 15.1. The Labute approximate surface area is 120 Å². The van der Waals surface area contributed by atoms with Gasteiger partial charge in [0.25, 0.3) is 0 Å². The van der Waals surface area contributed by atoms with Gasteiger partial charge in [0.15, 0.2) is 0 Å². The van der Waals surface area contributed by atoms with Gasteiger partial charge in [0.2, 0.25) is 0 Å². The Kier molecular flexibility index (Phi) is 3.99.